The molecule has 0 amide bonds. The summed E-state index contributed by atoms with van der Waals surface area (Å²) in [4.78, 5) is 14.6. The van der Waals surface area contributed by atoms with E-state index >= 15 is 0 Å². The van der Waals surface area contributed by atoms with Gasteiger partial charge in [-0.05, 0) is 93.9 Å². The summed E-state index contributed by atoms with van der Waals surface area (Å²) in [5, 5.41) is 13.1. The lowest BCUT2D eigenvalue weighted by atomic mass is 9.87. The van der Waals surface area contributed by atoms with Crippen LogP contribution in [-0.4, -0.2) is 50.6 Å². The molecule has 186 valence electrons. The number of hydrogen-bond donors (Lipinski definition) is 3. The quantitative estimate of drug-likeness (QED) is 0.344. The van der Waals surface area contributed by atoms with Gasteiger partial charge in [0.15, 0.2) is 0 Å². The fraction of sp³-hybridized carbons (Fsp3) is 0.500. The van der Waals surface area contributed by atoms with E-state index in [9.17, 15) is 18.3 Å². The Hall–Kier alpha value is -2.58. The predicted molar refractivity (Wildman–Crippen MR) is 137 cm³/mol. The summed E-state index contributed by atoms with van der Waals surface area (Å²) in [5.74, 6) is -1.11. The summed E-state index contributed by atoms with van der Waals surface area (Å²) in [7, 11) is -3.98. The van der Waals surface area contributed by atoms with Crippen LogP contribution >= 0.6 is 0 Å². The molecule has 0 bridgehead atoms. The van der Waals surface area contributed by atoms with Gasteiger partial charge >= 0.3 is 5.97 Å². The van der Waals surface area contributed by atoms with E-state index in [1.807, 2.05) is 6.07 Å². The molecule has 0 fully saturated rings. The Balaban J connectivity index is 1.76. The molecule has 0 saturated carbocycles. The average molecular weight is 488 g/mol. The number of para-hydroxylation sites is 1. The lowest BCUT2D eigenvalue weighted by Crippen LogP contribution is -2.28. The minimum Gasteiger partial charge on any atom is -0.478 e. The first-order chi connectivity index (χ1) is 16.4. The number of carboxylic acid groups (broad SMARTS) is 1. The topological polar surface area (TPSA) is 98.7 Å². The summed E-state index contributed by atoms with van der Waals surface area (Å²) in [6.07, 6.45) is 6.52. The highest BCUT2D eigenvalue weighted by Gasteiger charge is 2.25. The molecule has 0 heterocycles. The number of aryl methyl sites for hydroxylation is 1. The van der Waals surface area contributed by atoms with Gasteiger partial charge in [-0.2, -0.15) is 0 Å². The molecule has 0 saturated heterocycles. The standard InChI is InChI=1S/C26H37N3O4S/c1-3-17-29(18-4-2)19-9-16-27-22-12-7-8-13-24(22)34(32,33)28-23-15-14-20-10-5-6-11-21(20)25(23)26(30)31/h7-8,12-15,27-28H,3-6,9-11,16-19H2,1-2H3,(H,30,31). The number of carbonyl (C=O) groups is 1. The maximum Gasteiger partial charge on any atom is 0.338 e. The van der Waals surface area contributed by atoms with Crippen molar-refractivity contribution in [2.75, 3.05) is 36.2 Å². The first-order valence-corrected chi connectivity index (χ1v) is 13.8. The maximum atomic E-state index is 13.3. The van der Waals surface area contributed by atoms with Crippen molar-refractivity contribution < 1.29 is 18.3 Å². The van der Waals surface area contributed by atoms with Gasteiger partial charge in [0.1, 0.15) is 4.90 Å². The van der Waals surface area contributed by atoms with Gasteiger partial charge in [-0.25, -0.2) is 13.2 Å². The van der Waals surface area contributed by atoms with E-state index in [1.165, 1.54) is 0 Å². The van der Waals surface area contributed by atoms with E-state index in [-0.39, 0.29) is 16.1 Å². The molecule has 7 nitrogen and oxygen atoms in total. The Labute approximate surface area is 203 Å². The first kappa shape index (κ1) is 26.0. The fourth-order valence-electron chi connectivity index (χ4n) is 4.70. The van der Waals surface area contributed by atoms with E-state index in [0.29, 0.717) is 18.7 Å². The molecular formula is C26H37N3O4S. The Bertz CT molecular complexity index is 1080. The molecule has 0 aromatic heterocycles. The number of carboxylic acids is 1. The van der Waals surface area contributed by atoms with E-state index in [1.54, 1.807) is 30.3 Å². The zero-order valence-corrected chi connectivity index (χ0v) is 21.1. The maximum absolute atomic E-state index is 13.3. The molecule has 3 rings (SSSR count). The number of sulfonamides is 1. The normalized spacial score (nSPS) is 13.5. The number of anilines is 2. The van der Waals surface area contributed by atoms with E-state index in [2.05, 4.69) is 28.8 Å². The van der Waals surface area contributed by atoms with Gasteiger partial charge in [-0.3, -0.25) is 4.72 Å². The third-order valence-corrected chi connectivity index (χ3v) is 7.64. The fourth-order valence-corrected chi connectivity index (χ4v) is 5.95. The minimum absolute atomic E-state index is 0.0677. The Morgan fingerprint density at radius 1 is 0.971 bits per heavy atom. The lowest BCUT2D eigenvalue weighted by Gasteiger charge is -2.22. The Morgan fingerprint density at radius 2 is 1.68 bits per heavy atom. The van der Waals surface area contributed by atoms with Crippen molar-refractivity contribution in [2.45, 2.75) is 63.7 Å². The summed E-state index contributed by atoms with van der Waals surface area (Å²) in [6, 6.07) is 10.2. The van der Waals surface area contributed by atoms with Crippen LogP contribution in [0.1, 0.15) is 67.4 Å². The van der Waals surface area contributed by atoms with Crippen LogP contribution in [0.2, 0.25) is 0 Å². The van der Waals surface area contributed by atoms with Crippen molar-refractivity contribution >= 4 is 27.4 Å². The van der Waals surface area contributed by atoms with Crippen LogP contribution in [0, 0.1) is 0 Å². The van der Waals surface area contributed by atoms with Crippen LogP contribution in [0.4, 0.5) is 11.4 Å². The van der Waals surface area contributed by atoms with E-state index < -0.39 is 16.0 Å². The molecule has 1 aliphatic carbocycles. The van der Waals surface area contributed by atoms with Crippen molar-refractivity contribution in [3.63, 3.8) is 0 Å². The summed E-state index contributed by atoms with van der Waals surface area (Å²) in [6.45, 7) is 8.08. The van der Waals surface area contributed by atoms with Crippen LogP contribution in [0.3, 0.4) is 0 Å². The van der Waals surface area contributed by atoms with Crippen molar-refractivity contribution in [3.8, 4) is 0 Å². The highest BCUT2D eigenvalue weighted by atomic mass is 32.2. The summed E-state index contributed by atoms with van der Waals surface area (Å²) >= 11 is 0. The largest absolute Gasteiger partial charge is 0.478 e. The lowest BCUT2D eigenvalue weighted by molar-refractivity contribution is 0.0696. The molecule has 8 heteroatoms. The second kappa shape index (κ2) is 12.2. The van der Waals surface area contributed by atoms with Crippen molar-refractivity contribution in [3.05, 3.63) is 53.1 Å². The van der Waals surface area contributed by atoms with Crippen LogP contribution in [0.15, 0.2) is 41.3 Å². The number of rotatable bonds is 13. The van der Waals surface area contributed by atoms with E-state index in [4.69, 9.17) is 0 Å². The Morgan fingerprint density at radius 3 is 2.38 bits per heavy atom. The zero-order valence-electron chi connectivity index (χ0n) is 20.3. The monoisotopic (exact) mass is 487 g/mol. The average Bonchev–Trinajstić information content (AvgIpc) is 2.81. The number of aromatic carboxylic acids is 1. The number of hydrogen-bond acceptors (Lipinski definition) is 5. The Kier molecular flexibility index (Phi) is 9.36. The molecule has 0 spiro atoms. The molecule has 3 N–H and O–H groups in total. The third-order valence-electron chi connectivity index (χ3n) is 6.21. The molecule has 0 atom stereocenters. The second-order valence-electron chi connectivity index (χ2n) is 8.86. The van der Waals surface area contributed by atoms with Crippen LogP contribution < -0.4 is 10.0 Å². The predicted octanol–water partition coefficient (Wildman–Crippen LogP) is 4.99. The molecule has 0 aliphatic heterocycles. The summed E-state index contributed by atoms with van der Waals surface area (Å²) in [5.41, 5.74) is 2.45. The molecule has 0 radical (unpaired) electrons. The number of nitrogens with one attached hydrogen (secondary N) is 2. The molecule has 34 heavy (non-hydrogen) atoms. The minimum atomic E-state index is -3.98. The van der Waals surface area contributed by atoms with Gasteiger partial charge in [0.25, 0.3) is 10.0 Å². The summed E-state index contributed by atoms with van der Waals surface area (Å²) < 4.78 is 29.2. The number of nitrogens with zero attached hydrogens (tertiary/aromatic N) is 1. The second-order valence-corrected chi connectivity index (χ2v) is 10.5. The molecule has 1 aliphatic rings. The highest BCUT2D eigenvalue weighted by molar-refractivity contribution is 7.92. The number of fused-ring (bicyclic) bond motifs is 1. The zero-order chi connectivity index (χ0) is 24.6. The highest BCUT2D eigenvalue weighted by Crippen LogP contribution is 2.32. The van der Waals surface area contributed by atoms with Gasteiger partial charge in [0.05, 0.1) is 16.9 Å². The van der Waals surface area contributed by atoms with Gasteiger partial charge in [-0.1, -0.05) is 32.0 Å². The van der Waals surface area contributed by atoms with Gasteiger partial charge in [-0.15, -0.1) is 0 Å². The molecule has 2 aromatic rings. The van der Waals surface area contributed by atoms with E-state index in [0.717, 1.165) is 69.3 Å². The van der Waals surface area contributed by atoms with Crippen LogP contribution in [0.5, 0.6) is 0 Å². The molecular weight excluding hydrogens is 450 g/mol. The van der Waals surface area contributed by atoms with Gasteiger partial charge in [0.2, 0.25) is 0 Å². The van der Waals surface area contributed by atoms with Crippen LogP contribution in [0.25, 0.3) is 0 Å². The number of benzene rings is 2. The van der Waals surface area contributed by atoms with Gasteiger partial charge in [0, 0.05) is 6.54 Å². The van der Waals surface area contributed by atoms with Crippen molar-refractivity contribution in [1.29, 1.82) is 0 Å². The third kappa shape index (κ3) is 6.51. The first-order valence-electron chi connectivity index (χ1n) is 12.3. The molecule has 2 aromatic carbocycles. The smallest absolute Gasteiger partial charge is 0.338 e. The SMILES string of the molecule is CCCN(CCC)CCCNc1ccccc1S(=O)(=O)Nc1ccc2c(c1C(=O)O)CCCC2. The van der Waals surface area contributed by atoms with Crippen LogP contribution in [-0.2, 0) is 22.9 Å². The van der Waals surface area contributed by atoms with Crippen molar-refractivity contribution in [1.82, 2.24) is 4.90 Å². The van der Waals surface area contributed by atoms with Crippen molar-refractivity contribution in [2.24, 2.45) is 0 Å². The molecule has 0 unspecified atom stereocenters. The van der Waals surface area contributed by atoms with Gasteiger partial charge < -0.3 is 15.3 Å².